The normalized spacial score (nSPS) is 19.3. The maximum absolute atomic E-state index is 5.67. The van der Waals surface area contributed by atoms with Gasteiger partial charge in [0.25, 0.3) is 0 Å². The first-order valence-corrected chi connectivity index (χ1v) is 6.60. The SMILES string of the molecule is NNC(c1ccc(I)cc1)C1CCCC1. The van der Waals surface area contributed by atoms with E-state index in [4.69, 9.17) is 5.84 Å². The predicted molar refractivity (Wildman–Crippen MR) is 71.2 cm³/mol. The molecule has 3 N–H and O–H groups in total. The van der Waals surface area contributed by atoms with Crippen LogP contribution in [0, 0.1) is 9.49 Å². The molecular formula is C12H17IN2. The Labute approximate surface area is 105 Å². The molecule has 0 spiro atoms. The zero-order valence-corrected chi connectivity index (χ0v) is 10.9. The molecule has 0 aliphatic heterocycles. The Morgan fingerprint density at radius 2 is 1.80 bits per heavy atom. The summed E-state index contributed by atoms with van der Waals surface area (Å²) in [6, 6.07) is 9.00. The van der Waals surface area contributed by atoms with E-state index in [9.17, 15) is 0 Å². The van der Waals surface area contributed by atoms with E-state index in [2.05, 4.69) is 52.3 Å². The fraction of sp³-hybridized carbons (Fsp3) is 0.500. The molecule has 2 nitrogen and oxygen atoms in total. The van der Waals surface area contributed by atoms with Crippen molar-refractivity contribution < 1.29 is 0 Å². The van der Waals surface area contributed by atoms with Crippen molar-refractivity contribution in [2.45, 2.75) is 31.7 Å². The van der Waals surface area contributed by atoms with Gasteiger partial charge in [-0.2, -0.15) is 0 Å². The maximum atomic E-state index is 5.67. The van der Waals surface area contributed by atoms with Gasteiger partial charge in [0.2, 0.25) is 0 Å². The van der Waals surface area contributed by atoms with Crippen molar-refractivity contribution in [2.75, 3.05) is 0 Å². The second kappa shape index (κ2) is 5.27. The van der Waals surface area contributed by atoms with E-state index in [0.29, 0.717) is 6.04 Å². The van der Waals surface area contributed by atoms with Gasteiger partial charge < -0.3 is 0 Å². The number of benzene rings is 1. The third-order valence-corrected chi connectivity index (χ3v) is 4.00. The first-order valence-electron chi connectivity index (χ1n) is 5.53. The van der Waals surface area contributed by atoms with Crippen LogP contribution in [-0.4, -0.2) is 0 Å². The van der Waals surface area contributed by atoms with E-state index in [-0.39, 0.29) is 0 Å². The van der Waals surface area contributed by atoms with Crippen LogP contribution in [0.3, 0.4) is 0 Å². The fourth-order valence-electron chi connectivity index (χ4n) is 2.47. The van der Waals surface area contributed by atoms with Crippen molar-refractivity contribution in [3.05, 3.63) is 33.4 Å². The topological polar surface area (TPSA) is 38.0 Å². The molecular weight excluding hydrogens is 299 g/mol. The third-order valence-electron chi connectivity index (χ3n) is 3.28. The molecule has 1 saturated carbocycles. The average molecular weight is 316 g/mol. The van der Waals surface area contributed by atoms with Gasteiger partial charge in [-0.3, -0.25) is 11.3 Å². The summed E-state index contributed by atoms with van der Waals surface area (Å²) >= 11 is 2.33. The van der Waals surface area contributed by atoms with Crippen molar-refractivity contribution in [2.24, 2.45) is 11.8 Å². The molecule has 0 aromatic heterocycles. The minimum absolute atomic E-state index is 0.338. The molecule has 1 fully saturated rings. The molecule has 1 aliphatic carbocycles. The van der Waals surface area contributed by atoms with Crippen LogP contribution in [0.5, 0.6) is 0 Å². The first-order chi connectivity index (χ1) is 7.31. The number of nitrogens with two attached hydrogens (primary N) is 1. The number of halogens is 1. The van der Waals surface area contributed by atoms with Crippen LogP contribution in [0.1, 0.15) is 37.3 Å². The Balaban J connectivity index is 2.14. The summed E-state index contributed by atoms with van der Waals surface area (Å²) < 4.78 is 1.28. The van der Waals surface area contributed by atoms with Crippen molar-refractivity contribution in [1.29, 1.82) is 0 Å². The van der Waals surface area contributed by atoms with E-state index in [1.165, 1.54) is 34.8 Å². The van der Waals surface area contributed by atoms with Crippen molar-refractivity contribution in [1.82, 2.24) is 5.43 Å². The van der Waals surface area contributed by atoms with Gasteiger partial charge >= 0.3 is 0 Å². The van der Waals surface area contributed by atoms with Gasteiger partial charge in [-0.25, -0.2) is 0 Å². The van der Waals surface area contributed by atoms with Gasteiger partial charge in [-0.15, -0.1) is 0 Å². The number of nitrogens with one attached hydrogen (secondary N) is 1. The monoisotopic (exact) mass is 316 g/mol. The van der Waals surface area contributed by atoms with Gasteiger partial charge in [-0.1, -0.05) is 25.0 Å². The summed E-state index contributed by atoms with van der Waals surface area (Å²) in [5.74, 6) is 6.39. The molecule has 15 heavy (non-hydrogen) atoms. The molecule has 0 heterocycles. The zero-order chi connectivity index (χ0) is 10.7. The first kappa shape index (κ1) is 11.4. The molecule has 0 radical (unpaired) electrons. The molecule has 0 bridgehead atoms. The lowest BCUT2D eigenvalue weighted by Crippen LogP contribution is -2.32. The van der Waals surface area contributed by atoms with Crippen LogP contribution in [-0.2, 0) is 0 Å². The molecule has 0 saturated heterocycles. The second-order valence-electron chi connectivity index (χ2n) is 4.24. The molecule has 1 aromatic rings. The van der Waals surface area contributed by atoms with E-state index in [1.807, 2.05) is 0 Å². The van der Waals surface area contributed by atoms with E-state index >= 15 is 0 Å². The summed E-state index contributed by atoms with van der Waals surface area (Å²) in [5, 5.41) is 0. The summed E-state index contributed by atoms with van der Waals surface area (Å²) in [4.78, 5) is 0. The smallest absolute Gasteiger partial charge is 0.0488 e. The van der Waals surface area contributed by atoms with Crippen LogP contribution in [0.15, 0.2) is 24.3 Å². The van der Waals surface area contributed by atoms with Gasteiger partial charge in [0.1, 0.15) is 0 Å². The van der Waals surface area contributed by atoms with Gasteiger partial charge in [-0.05, 0) is 59.0 Å². The number of hydrazine groups is 1. The lowest BCUT2D eigenvalue weighted by Gasteiger charge is -2.22. The van der Waals surface area contributed by atoms with Crippen LogP contribution in [0.25, 0.3) is 0 Å². The van der Waals surface area contributed by atoms with Crippen molar-refractivity contribution >= 4 is 22.6 Å². The standard InChI is InChI=1S/C12H17IN2/c13-11-7-5-10(6-8-11)12(15-14)9-3-1-2-4-9/h5-9,12,15H,1-4,14H2. The Morgan fingerprint density at radius 3 is 2.33 bits per heavy atom. The lowest BCUT2D eigenvalue weighted by molar-refractivity contribution is 0.373. The summed E-state index contributed by atoms with van der Waals surface area (Å²) in [5.41, 5.74) is 4.30. The highest BCUT2D eigenvalue weighted by atomic mass is 127. The Bertz CT molecular complexity index is 304. The van der Waals surface area contributed by atoms with E-state index in [0.717, 1.165) is 5.92 Å². The largest absolute Gasteiger partial charge is 0.271 e. The predicted octanol–water partition coefficient (Wildman–Crippen LogP) is 2.99. The average Bonchev–Trinajstić information content (AvgIpc) is 2.75. The van der Waals surface area contributed by atoms with E-state index < -0.39 is 0 Å². The Morgan fingerprint density at radius 1 is 1.20 bits per heavy atom. The summed E-state index contributed by atoms with van der Waals surface area (Å²) in [7, 11) is 0. The summed E-state index contributed by atoms with van der Waals surface area (Å²) in [6.45, 7) is 0. The number of hydrogen-bond acceptors (Lipinski definition) is 2. The summed E-state index contributed by atoms with van der Waals surface area (Å²) in [6.07, 6.45) is 5.32. The van der Waals surface area contributed by atoms with Crippen LogP contribution in [0.4, 0.5) is 0 Å². The lowest BCUT2D eigenvalue weighted by atomic mass is 9.92. The molecule has 1 unspecified atom stereocenters. The maximum Gasteiger partial charge on any atom is 0.0488 e. The van der Waals surface area contributed by atoms with Crippen molar-refractivity contribution in [3.63, 3.8) is 0 Å². The minimum atomic E-state index is 0.338. The van der Waals surface area contributed by atoms with Gasteiger partial charge in [0, 0.05) is 9.61 Å². The Kier molecular flexibility index (Phi) is 3.99. The minimum Gasteiger partial charge on any atom is -0.271 e. The number of hydrogen-bond donors (Lipinski definition) is 2. The zero-order valence-electron chi connectivity index (χ0n) is 8.75. The molecule has 1 aliphatic rings. The molecule has 3 heteroatoms. The van der Waals surface area contributed by atoms with Gasteiger partial charge in [0.15, 0.2) is 0 Å². The quantitative estimate of drug-likeness (QED) is 0.511. The molecule has 82 valence electrons. The van der Waals surface area contributed by atoms with Gasteiger partial charge in [0.05, 0.1) is 0 Å². The highest BCUT2D eigenvalue weighted by molar-refractivity contribution is 14.1. The Hall–Kier alpha value is -0.130. The third kappa shape index (κ3) is 2.71. The molecule has 1 atom stereocenters. The van der Waals surface area contributed by atoms with Crippen LogP contribution in [0.2, 0.25) is 0 Å². The van der Waals surface area contributed by atoms with Crippen LogP contribution < -0.4 is 11.3 Å². The fourth-order valence-corrected chi connectivity index (χ4v) is 2.82. The number of rotatable bonds is 3. The highest BCUT2D eigenvalue weighted by Gasteiger charge is 2.25. The van der Waals surface area contributed by atoms with Crippen molar-refractivity contribution in [3.8, 4) is 0 Å². The van der Waals surface area contributed by atoms with E-state index in [1.54, 1.807) is 0 Å². The molecule has 0 amide bonds. The van der Waals surface area contributed by atoms with Crippen LogP contribution >= 0.6 is 22.6 Å². The highest BCUT2D eigenvalue weighted by Crippen LogP contribution is 2.35. The molecule has 1 aromatic carbocycles. The second-order valence-corrected chi connectivity index (χ2v) is 5.49. The molecule has 2 rings (SSSR count).